The molecule has 0 N–H and O–H groups in total. The largest absolute Gasteiger partial charge is 0.356 e. The number of nitrogens with zero attached hydrogens (tertiary/aromatic N) is 2. The molecule has 2 aliphatic heterocycles. The van der Waals surface area contributed by atoms with Crippen molar-refractivity contribution in [2.45, 2.75) is 31.3 Å². The number of fused-ring (bicyclic) bond motifs is 2. The molecule has 3 heteroatoms. The zero-order valence-electron chi connectivity index (χ0n) is 11.6. The van der Waals surface area contributed by atoms with Gasteiger partial charge in [-0.2, -0.15) is 0 Å². The number of likely N-dealkylation sites (N-methyl/N-ethyl adjacent to an activating group) is 1. The molecule has 1 saturated heterocycles. The first-order valence-electron chi connectivity index (χ1n) is 7.25. The van der Waals surface area contributed by atoms with Gasteiger partial charge in [0.15, 0.2) is 5.76 Å². The van der Waals surface area contributed by atoms with Crippen LogP contribution in [0.25, 0.3) is 16.9 Å². The van der Waals surface area contributed by atoms with Crippen LogP contribution in [0, 0.1) is 0 Å². The Hall–Kier alpha value is -1.87. The van der Waals surface area contributed by atoms with Crippen molar-refractivity contribution in [2.24, 2.45) is 0 Å². The summed E-state index contributed by atoms with van der Waals surface area (Å²) in [7, 11) is 2.25. The Bertz CT molecular complexity index is 628. The fraction of sp³-hybridized carbons (Fsp3) is 0.353. The fourth-order valence-corrected chi connectivity index (χ4v) is 3.47. The Balaban J connectivity index is 1.62. The van der Waals surface area contributed by atoms with Crippen molar-refractivity contribution in [2.75, 3.05) is 7.05 Å². The molecule has 2 unspecified atom stereocenters. The number of hydrogen-bond donors (Lipinski definition) is 0. The normalized spacial score (nSPS) is 25.8. The molecule has 0 aliphatic carbocycles. The maximum atomic E-state index is 5.19. The molecule has 2 aliphatic rings. The first-order valence-corrected chi connectivity index (χ1v) is 7.25. The second-order valence-electron chi connectivity index (χ2n) is 5.81. The van der Waals surface area contributed by atoms with E-state index in [4.69, 9.17) is 4.52 Å². The Morgan fingerprint density at radius 3 is 2.60 bits per heavy atom. The third-order valence-electron chi connectivity index (χ3n) is 4.72. The molecule has 0 spiro atoms. The molecule has 1 aromatic carbocycles. The molecular weight excluding hydrogens is 248 g/mol. The summed E-state index contributed by atoms with van der Waals surface area (Å²) in [5.74, 6) is 0.828. The van der Waals surface area contributed by atoms with Crippen molar-refractivity contribution in [3.63, 3.8) is 0 Å². The van der Waals surface area contributed by atoms with E-state index in [0.29, 0.717) is 6.04 Å². The van der Waals surface area contributed by atoms with Crippen molar-refractivity contribution in [1.82, 2.24) is 10.1 Å². The molecule has 1 aromatic heterocycles. The third kappa shape index (κ3) is 1.90. The van der Waals surface area contributed by atoms with Crippen LogP contribution in [-0.4, -0.2) is 29.2 Å². The Kier molecular flexibility index (Phi) is 2.74. The maximum Gasteiger partial charge on any atom is 0.166 e. The van der Waals surface area contributed by atoms with E-state index in [1.807, 2.05) is 6.07 Å². The molecule has 4 rings (SSSR count). The molecule has 0 saturated carbocycles. The van der Waals surface area contributed by atoms with Gasteiger partial charge in [-0.25, -0.2) is 0 Å². The van der Waals surface area contributed by atoms with E-state index >= 15 is 0 Å². The molecule has 20 heavy (non-hydrogen) atoms. The van der Waals surface area contributed by atoms with Gasteiger partial charge in [-0.15, -0.1) is 0 Å². The summed E-state index contributed by atoms with van der Waals surface area (Å²) in [5.41, 5.74) is 3.93. The van der Waals surface area contributed by atoms with Gasteiger partial charge in [0, 0.05) is 23.7 Å². The summed E-state index contributed by atoms with van der Waals surface area (Å²) in [5, 5.41) is 3.76. The fourth-order valence-electron chi connectivity index (χ4n) is 3.47. The quantitative estimate of drug-likeness (QED) is 0.832. The zero-order chi connectivity index (χ0) is 13.5. The average Bonchev–Trinajstić information content (AvgIpc) is 3.06. The predicted octanol–water partition coefficient (Wildman–Crippen LogP) is 3.59. The van der Waals surface area contributed by atoms with Crippen LogP contribution in [0.15, 0.2) is 47.1 Å². The van der Waals surface area contributed by atoms with E-state index < -0.39 is 0 Å². The van der Waals surface area contributed by atoms with Crippen molar-refractivity contribution in [1.29, 1.82) is 0 Å². The smallest absolute Gasteiger partial charge is 0.166 e. The highest BCUT2D eigenvalue weighted by Crippen LogP contribution is 2.37. The number of benzene rings is 1. The molecule has 0 radical (unpaired) electrons. The Morgan fingerprint density at radius 2 is 1.90 bits per heavy atom. The van der Waals surface area contributed by atoms with E-state index in [1.165, 1.54) is 30.4 Å². The molecule has 2 aromatic rings. The minimum atomic E-state index is 0.637. The molecule has 0 amide bonds. The third-order valence-corrected chi connectivity index (χ3v) is 4.72. The first-order chi connectivity index (χ1) is 9.81. The highest BCUT2D eigenvalue weighted by Gasteiger charge is 2.33. The lowest BCUT2D eigenvalue weighted by molar-refractivity contribution is 0.264. The lowest BCUT2D eigenvalue weighted by Gasteiger charge is -2.30. The molecule has 3 nitrogen and oxygen atoms in total. The Morgan fingerprint density at radius 1 is 1.10 bits per heavy atom. The van der Waals surface area contributed by atoms with Gasteiger partial charge >= 0.3 is 0 Å². The molecule has 2 atom stereocenters. The van der Waals surface area contributed by atoms with Crippen molar-refractivity contribution in [3.05, 3.63) is 48.2 Å². The molecule has 2 bridgehead atoms. The second-order valence-corrected chi connectivity index (χ2v) is 5.81. The standard InChI is InChI=1S/C17H18N2O/c1-19-15-6-7-16(19)11-14(10-15)12-2-4-13(5-3-12)17-8-9-18-20-17/h2-5,8-10,15-16H,6-7,11H2,1H3. The predicted molar refractivity (Wildman–Crippen MR) is 79.1 cm³/mol. The van der Waals surface area contributed by atoms with Crippen LogP contribution in [0.4, 0.5) is 0 Å². The molecule has 1 fully saturated rings. The second kappa shape index (κ2) is 4.60. The van der Waals surface area contributed by atoms with Crippen LogP contribution in [0.2, 0.25) is 0 Å². The SMILES string of the molecule is CN1C2C=C(c3ccc(-c4ccno4)cc3)CC1CC2. The van der Waals surface area contributed by atoms with Gasteiger partial charge in [0.1, 0.15) is 0 Å². The summed E-state index contributed by atoms with van der Waals surface area (Å²) >= 11 is 0. The van der Waals surface area contributed by atoms with Crippen LogP contribution >= 0.6 is 0 Å². The van der Waals surface area contributed by atoms with Crippen LogP contribution in [0.5, 0.6) is 0 Å². The highest BCUT2D eigenvalue weighted by atomic mass is 16.5. The molecule has 3 heterocycles. The lowest BCUT2D eigenvalue weighted by Crippen LogP contribution is -2.34. The van der Waals surface area contributed by atoms with Gasteiger partial charge in [0.05, 0.1) is 6.20 Å². The van der Waals surface area contributed by atoms with Gasteiger partial charge in [-0.1, -0.05) is 35.5 Å². The minimum Gasteiger partial charge on any atom is -0.356 e. The van der Waals surface area contributed by atoms with Gasteiger partial charge in [-0.3, -0.25) is 4.90 Å². The topological polar surface area (TPSA) is 29.3 Å². The summed E-state index contributed by atoms with van der Waals surface area (Å²) in [6.07, 6.45) is 7.94. The van der Waals surface area contributed by atoms with Crippen molar-refractivity contribution >= 4 is 5.57 Å². The summed E-state index contributed by atoms with van der Waals surface area (Å²) < 4.78 is 5.19. The molecule has 102 valence electrons. The van der Waals surface area contributed by atoms with E-state index in [1.54, 1.807) is 6.20 Å². The van der Waals surface area contributed by atoms with Crippen LogP contribution < -0.4 is 0 Å². The van der Waals surface area contributed by atoms with E-state index in [0.717, 1.165) is 17.4 Å². The van der Waals surface area contributed by atoms with Gasteiger partial charge in [-0.05, 0) is 37.4 Å². The monoisotopic (exact) mass is 266 g/mol. The summed E-state index contributed by atoms with van der Waals surface area (Å²) in [6, 6.07) is 11.9. The van der Waals surface area contributed by atoms with Crippen molar-refractivity contribution < 1.29 is 4.52 Å². The van der Waals surface area contributed by atoms with Crippen LogP contribution in [0.1, 0.15) is 24.8 Å². The zero-order valence-corrected chi connectivity index (χ0v) is 11.6. The Labute approximate surface area is 118 Å². The summed E-state index contributed by atoms with van der Waals surface area (Å²) in [4.78, 5) is 2.52. The van der Waals surface area contributed by atoms with Crippen molar-refractivity contribution in [3.8, 4) is 11.3 Å². The summed E-state index contributed by atoms with van der Waals surface area (Å²) in [6.45, 7) is 0. The van der Waals surface area contributed by atoms with Gasteiger partial charge in [0.2, 0.25) is 0 Å². The molecular formula is C17H18N2O. The van der Waals surface area contributed by atoms with Gasteiger partial charge < -0.3 is 4.52 Å². The number of hydrogen-bond acceptors (Lipinski definition) is 3. The van der Waals surface area contributed by atoms with E-state index in [-0.39, 0.29) is 0 Å². The van der Waals surface area contributed by atoms with Crippen LogP contribution in [0.3, 0.4) is 0 Å². The minimum absolute atomic E-state index is 0.637. The van der Waals surface area contributed by atoms with Crippen LogP contribution in [-0.2, 0) is 0 Å². The maximum absolute atomic E-state index is 5.19. The number of rotatable bonds is 2. The average molecular weight is 266 g/mol. The lowest BCUT2D eigenvalue weighted by atomic mass is 9.94. The highest BCUT2D eigenvalue weighted by molar-refractivity contribution is 5.70. The van der Waals surface area contributed by atoms with E-state index in [9.17, 15) is 0 Å². The first kappa shape index (κ1) is 11.9. The van der Waals surface area contributed by atoms with Gasteiger partial charge in [0.25, 0.3) is 0 Å². The van der Waals surface area contributed by atoms with E-state index in [2.05, 4.69) is 47.4 Å². The number of aromatic nitrogens is 1.